The third kappa shape index (κ3) is 4.05. The van der Waals surface area contributed by atoms with Crippen LogP contribution in [-0.2, 0) is 14.3 Å². The standard InChI is InChI=1S/C28H34N2O3/c1-17-12-13-24(14-18(17)2)29-19(3)15-22(20(29)4)16-25-26(28(32)33-6)21(5)30(27(25)31)23-10-8-7-9-11-23/h12-16,23H,7-11H2,1-6H3/b25-16-. The summed E-state index contributed by atoms with van der Waals surface area (Å²) in [6.45, 7) is 10.2. The van der Waals surface area contributed by atoms with Crippen LogP contribution in [0.25, 0.3) is 11.8 Å². The van der Waals surface area contributed by atoms with E-state index in [4.69, 9.17) is 4.74 Å². The van der Waals surface area contributed by atoms with Gasteiger partial charge in [0.1, 0.15) is 0 Å². The normalized spacial score (nSPS) is 18.5. The third-order valence-electron chi connectivity index (χ3n) is 7.29. The van der Waals surface area contributed by atoms with Crippen molar-refractivity contribution in [2.45, 2.75) is 72.8 Å². The average Bonchev–Trinajstić information content (AvgIpc) is 3.21. The van der Waals surface area contributed by atoms with Crippen molar-refractivity contribution in [2.75, 3.05) is 7.11 Å². The molecule has 1 aromatic heterocycles. The molecule has 1 aromatic carbocycles. The van der Waals surface area contributed by atoms with Crippen LogP contribution in [-0.4, -0.2) is 34.5 Å². The van der Waals surface area contributed by atoms with Crippen molar-refractivity contribution in [3.8, 4) is 5.69 Å². The van der Waals surface area contributed by atoms with Gasteiger partial charge in [-0.15, -0.1) is 0 Å². The van der Waals surface area contributed by atoms with Gasteiger partial charge < -0.3 is 14.2 Å². The molecule has 0 unspecified atom stereocenters. The summed E-state index contributed by atoms with van der Waals surface area (Å²) in [5, 5.41) is 0. The molecule has 2 heterocycles. The Morgan fingerprint density at radius 1 is 1.00 bits per heavy atom. The molecule has 0 radical (unpaired) electrons. The zero-order valence-electron chi connectivity index (χ0n) is 20.6. The lowest BCUT2D eigenvalue weighted by Crippen LogP contribution is -2.37. The highest BCUT2D eigenvalue weighted by molar-refractivity contribution is 6.16. The van der Waals surface area contributed by atoms with Crippen LogP contribution in [0.15, 0.2) is 41.1 Å². The lowest BCUT2D eigenvalue weighted by atomic mass is 9.94. The van der Waals surface area contributed by atoms with E-state index in [1.807, 2.05) is 17.9 Å². The molecule has 2 aromatic rings. The number of aryl methyl sites for hydroxylation is 3. The summed E-state index contributed by atoms with van der Waals surface area (Å²) in [6.07, 6.45) is 7.27. The quantitative estimate of drug-likeness (QED) is 0.446. The summed E-state index contributed by atoms with van der Waals surface area (Å²) in [7, 11) is 1.37. The number of nitrogens with zero attached hydrogens (tertiary/aromatic N) is 2. The number of carbonyl (C=O) groups is 2. The van der Waals surface area contributed by atoms with Gasteiger partial charge in [0.25, 0.3) is 5.91 Å². The topological polar surface area (TPSA) is 51.5 Å². The second-order valence-corrected chi connectivity index (χ2v) is 9.41. The summed E-state index contributed by atoms with van der Waals surface area (Å²) in [5.74, 6) is -0.538. The lowest BCUT2D eigenvalue weighted by molar-refractivity contribution is -0.136. The monoisotopic (exact) mass is 446 g/mol. The molecule has 2 aliphatic rings. The molecule has 33 heavy (non-hydrogen) atoms. The summed E-state index contributed by atoms with van der Waals surface area (Å²) in [5.41, 5.74) is 8.19. The predicted molar refractivity (Wildman–Crippen MR) is 131 cm³/mol. The van der Waals surface area contributed by atoms with E-state index in [1.165, 1.54) is 24.7 Å². The van der Waals surface area contributed by atoms with Gasteiger partial charge in [0.2, 0.25) is 0 Å². The van der Waals surface area contributed by atoms with Gasteiger partial charge in [0, 0.05) is 28.8 Å². The van der Waals surface area contributed by atoms with E-state index in [0.29, 0.717) is 16.8 Å². The maximum absolute atomic E-state index is 13.6. The number of rotatable bonds is 4. The van der Waals surface area contributed by atoms with Gasteiger partial charge >= 0.3 is 5.97 Å². The molecular weight excluding hydrogens is 412 g/mol. The number of esters is 1. The van der Waals surface area contributed by atoms with E-state index in [1.54, 1.807) is 0 Å². The molecule has 4 rings (SSSR count). The maximum atomic E-state index is 13.6. The van der Waals surface area contributed by atoms with E-state index in [2.05, 4.69) is 56.5 Å². The number of ether oxygens (including phenoxy) is 1. The van der Waals surface area contributed by atoms with E-state index >= 15 is 0 Å². The largest absolute Gasteiger partial charge is 0.465 e. The molecular formula is C28H34N2O3. The van der Waals surface area contributed by atoms with Gasteiger partial charge in [0.15, 0.2) is 0 Å². The Labute approximate surface area is 196 Å². The summed E-state index contributed by atoms with van der Waals surface area (Å²) in [4.78, 5) is 28.2. The van der Waals surface area contributed by atoms with Gasteiger partial charge in [0.05, 0.1) is 18.3 Å². The van der Waals surface area contributed by atoms with E-state index in [-0.39, 0.29) is 11.9 Å². The van der Waals surface area contributed by atoms with Crippen LogP contribution in [0.3, 0.4) is 0 Å². The van der Waals surface area contributed by atoms with Gasteiger partial charge in [-0.3, -0.25) is 4.79 Å². The summed E-state index contributed by atoms with van der Waals surface area (Å²) >= 11 is 0. The van der Waals surface area contributed by atoms with E-state index in [9.17, 15) is 9.59 Å². The molecule has 0 spiro atoms. The smallest absolute Gasteiger partial charge is 0.340 e. The highest BCUT2D eigenvalue weighted by atomic mass is 16.5. The number of benzene rings is 1. The molecule has 5 nitrogen and oxygen atoms in total. The number of hydrogen-bond acceptors (Lipinski definition) is 3. The zero-order chi connectivity index (χ0) is 23.9. The molecule has 0 atom stereocenters. The highest BCUT2D eigenvalue weighted by Gasteiger charge is 2.40. The molecule has 0 bridgehead atoms. The highest BCUT2D eigenvalue weighted by Crippen LogP contribution is 2.37. The number of aromatic nitrogens is 1. The maximum Gasteiger partial charge on any atom is 0.340 e. The van der Waals surface area contributed by atoms with Crippen LogP contribution in [0, 0.1) is 27.7 Å². The first-order valence-corrected chi connectivity index (χ1v) is 11.9. The number of allylic oxidation sites excluding steroid dienone is 1. The summed E-state index contributed by atoms with van der Waals surface area (Å²) in [6, 6.07) is 8.67. The Kier molecular flexibility index (Phi) is 6.33. The number of amides is 1. The fraction of sp³-hybridized carbons (Fsp3) is 0.429. The van der Waals surface area contributed by atoms with Crippen molar-refractivity contribution in [3.05, 3.63) is 69.2 Å². The van der Waals surface area contributed by atoms with Crippen LogP contribution in [0.1, 0.15) is 67.1 Å². The van der Waals surface area contributed by atoms with Gasteiger partial charge in [-0.05, 0) is 88.4 Å². The van der Waals surface area contributed by atoms with Crippen LogP contribution in [0.5, 0.6) is 0 Å². The van der Waals surface area contributed by atoms with Crippen molar-refractivity contribution < 1.29 is 14.3 Å². The fourth-order valence-electron chi connectivity index (χ4n) is 5.33. The molecule has 1 fully saturated rings. The van der Waals surface area contributed by atoms with E-state index < -0.39 is 5.97 Å². The van der Waals surface area contributed by atoms with Gasteiger partial charge in [-0.1, -0.05) is 25.3 Å². The third-order valence-corrected chi connectivity index (χ3v) is 7.29. The van der Waals surface area contributed by atoms with Crippen molar-refractivity contribution in [3.63, 3.8) is 0 Å². The first kappa shape index (κ1) is 23.1. The Balaban J connectivity index is 1.79. The molecule has 0 saturated heterocycles. The van der Waals surface area contributed by atoms with Gasteiger partial charge in [-0.25, -0.2) is 4.79 Å². The fourth-order valence-corrected chi connectivity index (χ4v) is 5.33. The Bertz CT molecular complexity index is 1180. The minimum absolute atomic E-state index is 0.0872. The minimum atomic E-state index is -0.451. The van der Waals surface area contributed by atoms with Gasteiger partial charge in [-0.2, -0.15) is 0 Å². The number of carbonyl (C=O) groups excluding carboxylic acids is 2. The van der Waals surface area contributed by atoms with Crippen LogP contribution < -0.4 is 0 Å². The van der Waals surface area contributed by atoms with Crippen molar-refractivity contribution in [1.82, 2.24) is 9.47 Å². The zero-order valence-corrected chi connectivity index (χ0v) is 20.6. The van der Waals surface area contributed by atoms with Crippen LogP contribution >= 0.6 is 0 Å². The minimum Gasteiger partial charge on any atom is -0.465 e. The Hall–Kier alpha value is -3.08. The molecule has 5 heteroatoms. The molecule has 1 aliphatic heterocycles. The number of hydrogen-bond donors (Lipinski definition) is 0. The van der Waals surface area contributed by atoms with Crippen LogP contribution in [0.4, 0.5) is 0 Å². The Morgan fingerprint density at radius 2 is 1.70 bits per heavy atom. The molecule has 1 aliphatic carbocycles. The predicted octanol–water partition coefficient (Wildman–Crippen LogP) is 5.72. The Morgan fingerprint density at radius 3 is 2.33 bits per heavy atom. The van der Waals surface area contributed by atoms with Crippen LogP contribution in [0.2, 0.25) is 0 Å². The molecule has 174 valence electrons. The molecule has 0 N–H and O–H groups in total. The van der Waals surface area contributed by atoms with Crippen molar-refractivity contribution >= 4 is 18.0 Å². The second kappa shape index (κ2) is 9.05. The summed E-state index contributed by atoms with van der Waals surface area (Å²) < 4.78 is 7.29. The van der Waals surface area contributed by atoms with Crippen molar-refractivity contribution in [2.24, 2.45) is 0 Å². The van der Waals surface area contributed by atoms with E-state index in [0.717, 1.165) is 48.3 Å². The second-order valence-electron chi connectivity index (χ2n) is 9.41. The SMILES string of the molecule is COC(=O)C1=C(C)N(C2CCCCC2)C(=O)/C1=C\c1cc(C)n(-c2ccc(C)c(C)c2)c1C. The number of methoxy groups -OCH3 is 1. The molecule has 1 amide bonds. The average molecular weight is 447 g/mol. The lowest BCUT2D eigenvalue weighted by Gasteiger charge is -2.32. The molecule has 1 saturated carbocycles. The van der Waals surface area contributed by atoms with Crippen molar-refractivity contribution in [1.29, 1.82) is 0 Å². The first-order chi connectivity index (χ1) is 15.7. The first-order valence-electron chi connectivity index (χ1n) is 11.9.